The molecule has 0 atom stereocenters. The third-order valence-corrected chi connectivity index (χ3v) is 4.48. The number of nitrogens with one attached hydrogen (secondary N) is 2. The maximum atomic E-state index is 12.3. The van der Waals surface area contributed by atoms with Crippen molar-refractivity contribution in [1.29, 1.82) is 0 Å². The standard InChI is InChI=1S/C19H18N4O3S/c1-23-18(24)11-10-16(21-23)19(25)20-13-6-5-7-14(12-13)27-22-15-8-3-4-9-17(15)26-2/h3-12,22H,1-2H3,(H,20,25). The van der Waals surface area contributed by atoms with Crippen molar-refractivity contribution < 1.29 is 9.53 Å². The largest absolute Gasteiger partial charge is 0.495 e. The van der Waals surface area contributed by atoms with Gasteiger partial charge in [0.25, 0.3) is 11.5 Å². The van der Waals surface area contributed by atoms with E-state index >= 15 is 0 Å². The van der Waals surface area contributed by atoms with Crippen LogP contribution in [0.1, 0.15) is 10.5 Å². The highest BCUT2D eigenvalue weighted by molar-refractivity contribution is 8.00. The van der Waals surface area contributed by atoms with Crippen molar-refractivity contribution in [1.82, 2.24) is 9.78 Å². The average molecular weight is 382 g/mol. The van der Waals surface area contributed by atoms with Gasteiger partial charge in [0.2, 0.25) is 0 Å². The second-order valence-electron chi connectivity index (χ2n) is 5.57. The lowest BCUT2D eigenvalue weighted by Crippen LogP contribution is -2.23. The van der Waals surface area contributed by atoms with Gasteiger partial charge < -0.3 is 14.8 Å². The minimum absolute atomic E-state index is 0.169. The van der Waals surface area contributed by atoms with E-state index in [1.807, 2.05) is 42.5 Å². The van der Waals surface area contributed by atoms with Gasteiger partial charge in [-0.3, -0.25) is 9.59 Å². The van der Waals surface area contributed by atoms with Crippen molar-refractivity contribution in [3.63, 3.8) is 0 Å². The molecule has 2 N–H and O–H groups in total. The summed E-state index contributed by atoms with van der Waals surface area (Å²) in [4.78, 5) is 24.6. The Hall–Kier alpha value is -3.26. The Morgan fingerprint density at radius 3 is 2.70 bits per heavy atom. The number of ether oxygens (including phenoxy) is 1. The molecule has 0 aliphatic carbocycles. The number of carbonyl (C=O) groups is 1. The zero-order valence-electron chi connectivity index (χ0n) is 14.8. The van der Waals surface area contributed by atoms with Crippen molar-refractivity contribution in [3.05, 3.63) is 76.7 Å². The van der Waals surface area contributed by atoms with Crippen LogP contribution < -0.4 is 20.3 Å². The maximum Gasteiger partial charge on any atom is 0.276 e. The molecule has 0 unspecified atom stereocenters. The monoisotopic (exact) mass is 382 g/mol. The Bertz CT molecular complexity index is 1020. The van der Waals surface area contributed by atoms with Crippen LogP contribution in [0.4, 0.5) is 11.4 Å². The molecule has 1 heterocycles. The van der Waals surface area contributed by atoms with Gasteiger partial charge in [0.1, 0.15) is 11.4 Å². The first-order chi connectivity index (χ1) is 13.1. The van der Waals surface area contributed by atoms with E-state index in [1.165, 1.54) is 31.1 Å². The fourth-order valence-electron chi connectivity index (χ4n) is 2.30. The molecule has 138 valence electrons. The molecular weight excluding hydrogens is 364 g/mol. The predicted octanol–water partition coefficient (Wildman–Crippen LogP) is 3.16. The number of amides is 1. The molecule has 7 nitrogen and oxygen atoms in total. The van der Waals surface area contributed by atoms with Crippen molar-refractivity contribution in [2.24, 2.45) is 7.05 Å². The molecule has 3 aromatic rings. The number of nitrogens with zero attached hydrogens (tertiary/aromatic N) is 2. The maximum absolute atomic E-state index is 12.3. The van der Waals surface area contributed by atoms with Crippen molar-refractivity contribution in [2.45, 2.75) is 4.90 Å². The normalized spacial score (nSPS) is 10.3. The van der Waals surface area contributed by atoms with Gasteiger partial charge in [-0.25, -0.2) is 4.68 Å². The van der Waals surface area contributed by atoms with Crippen LogP contribution in [-0.4, -0.2) is 22.8 Å². The molecule has 1 amide bonds. The second-order valence-corrected chi connectivity index (χ2v) is 6.45. The zero-order chi connectivity index (χ0) is 19.2. The van der Waals surface area contributed by atoms with Crippen LogP contribution in [0.3, 0.4) is 0 Å². The van der Waals surface area contributed by atoms with Gasteiger partial charge in [-0.05, 0) is 48.3 Å². The van der Waals surface area contributed by atoms with Gasteiger partial charge in [-0.1, -0.05) is 18.2 Å². The van der Waals surface area contributed by atoms with Crippen LogP contribution in [0.2, 0.25) is 0 Å². The molecule has 0 fully saturated rings. The number of hydrogen-bond acceptors (Lipinski definition) is 6. The van der Waals surface area contributed by atoms with Crippen LogP contribution in [0.25, 0.3) is 0 Å². The van der Waals surface area contributed by atoms with Crippen LogP contribution in [0.5, 0.6) is 5.75 Å². The van der Waals surface area contributed by atoms with Crippen molar-refractivity contribution in [2.75, 3.05) is 17.1 Å². The third-order valence-electron chi connectivity index (χ3n) is 3.67. The van der Waals surface area contributed by atoms with Gasteiger partial charge in [-0.2, -0.15) is 5.10 Å². The van der Waals surface area contributed by atoms with Crippen molar-refractivity contribution in [3.8, 4) is 5.75 Å². The Morgan fingerprint density at radius 1 is 1.11 bits per heavy atom. The number of anilines is 2. The lowest BCUT2D eigenvalue weighted by Gasteiger charge is -2.11. The van der Waals surface area contributed by atoms with E-state index in [4.69, 9.17) is 4.74 Å². The molecule has 0 saturated carbocycles. The lowest BCUT2D eigenvalue weighted by molar-refractivity contribution is 0.102. The summed E-state index contributed by atoms with van der Waals surface area (Å²) in [5, 5.41) is 6.73. The van der Waals surface area contributed by atoms with Gasteiger partial charge in [0.15, 0.2) is 0 Å². The van der Waals surface area contributed by atoms with E-state index in [0.717, 1.165) is 21.0 Å². The van der Waals surface area contributed by atoms with Crippen LogP contribution in [0, 0.1) is 0 Å². The van der Waals surface area contributed by atoms with Crippen molar-refractivity contribution >= 4 is 29.2 Å². The molecule has 0 radical (unpaired) electrons. The van der Waals surface area contributed by atoms with E-state index in [0.29, 0.717) is 5.69 Å². The molecule has 2 aromatic carbocycles. The third kappa shape index (κ3) is 4.68. The minimum Gasteiger partial charge on any atom is -0.495 e. The Balaban J connectivity index is 1.69. The van der Waals surface area contributed by atoms with Gasteiger partial charge >= 0.3 is 0 Å². The van der Waals surface area contributed by atoms with Crippen LogP contribution in [0.15, 0.2) is 70.4 Å². The molecule has 27 heavy (non-hydrogen) atoms. The number of carbonyl (C=O) groups excluding carboxylic acids is 1. The minimum atomic E-state index is -0.384. The number of benzene rings is 2. The van der Waals surface area contributed by atoms with E-state index in [2.05, 4.69) is 15.1 Å². The fourth-order valence-corrected chi connectivity index (χ4v) is 3.03. The molecule has 1 aromatic heterocycles. The summed E-state index contributed by atoms with van der Waals surface area (Å²) in [5.41, 5.74) is 1.38. The highest BCUT2D eigenvalue weighted by Gasteiger charge is 2.10. The predicted molar refractivity (Wildman–Crippen MR) is 106 cm³/mol. The number of rotatable bonds is 6. The highest BCUT2D eigenvalue weighted by atomic mass is 32.2. The summed E-state index contributed by atoms with van der Waals surface area (Å²) in [6, 6.07) is 17.7. The SMILES string of the molecule is COc1ccccc1NSc1cccc(NC(=O)c2ccc(=O)n(C)n2)c1. The number of para-hydroxylation sites is 2. The van der Waals surface area contributed by atoms with E-state index in [-0.39, 0.29) is 17.2 Å². The molecule has 0 aliphatic heterocycles. The van der Waals surface area contributed by atoms with E-state index in [1.54, 1.807) is 13.2 Å². The topological polar surface area (TPSA) is 85.3 Å². The second kappa shape index (κ2) is 8.41. The first kappa shape index (κ1) is 18.5. The number of aryl methyl sites for hydroxylation is 1. The molecule has 3 rings (SSSR count). The zero-order valence-corrected chi connectivity index (χ0v) is 15.6. The lowest BCUT2D eigenvalue weighted by atomic mass is 10.3. The van der Waals surface area contributed by atoms with Crippen LogP contribution in [-0.2, 0) is 7.05 Å². The summed E-state index contributed by atoms with van der Waals surface area (Å²) in [6.45, 7) is 0. The Morgan fingerprint density at radius 2 is 1.93 bits per heavy atom. The number of aromatic nitrogens is 2. The summed E-state index contributed by atoms with van der Waals surface area (Å²) < 4.78 is 9.67. The molecule has 0 bridgehead atoms. The molecule has 8 heteroatoms. The molecular formula is C19H18N4O3S. The van der Waals surface area contributed by atoms with Gasteiger partial charge in [0.05, 0.1) is 12.8 Å². The quantitative estimate of drug-likeness (QED) is 0.637. The van der Waals surface area contributed by atoms with E-state index < -0.39 is 0 Å². The Labute approximate surface area is 160 Å². The molecule has 0 spiro atoms. The summed E-state index contributed by atoms with van der Waals surface area (Å²) >= 11 is 1.40. The fraction of sp³-hybridized carbons (Fsp3) is 0.105. The molecule has 0 saturated heterocycles. The first-order valence-electron chi connectivity index (χ1n) is 8.08. The molecule has 0 aliphatic rings. The summed E-state index contributed by atoms with van der Waals surface area (Å²) in [7, 11) is 3.12. The highest BCUT2D eigenvalue weighted by Crippen LogP contribution is 2.29. The average Bonchev–Trinajstić information content (AvgIpc) is 2.69. The smallest absolute Gasteiger partial charge is 0.276 e. The Kier molecular flexibility index (Phi) is 5.77. The van der Waals surface area contributed by atoms with E-state index in [9.17, 15) is 9.59 Å². The first-order valence-corrected chi connectivity index (χ1v) is 8.90. The summed E-state index contributed by atoms with van der Waals surface area (Å²) in [5.74, 6) is 0.362. The summed E-state index contributed by atoms with van der Waals surface area (Å²) in [6.07, 6.45) is 0. The van der Waals surface area contributed by atoms with Gasteiger partial charge in [0, 0.05) is 23.7 Å². The van der Waals surface area contributed by atoms with Crippen LogP contribution >= 0.6 is 11.9 Å². The van der Waals surface area contributed by atoms with Gasteiger partial charge in [-0.15, -0.1) is 0 Å². The number of hydrogen-bond donors (Lipinski definition) is 2. The number of methoxy groups -OCH3 is 1.